The Kier molecular flexibility index (Phi) is 5.67. The maximum Gasteiger partial charge on any atom is 0.346 e. The Labute approximate surface area is 195 Å². The maximum atomic E-state index is 12.6. The first kappa shape index (κ1) is 21.0. The Morgan fingerprint density at radius 2 is 1.64 bits per heavy atom. The Morgan fingerprint density at radius 3 is 2.30 bits per heavy atom. The van der Waals surface area contributed by atoms with Crippen LogP contribution in [0.15, 0.2) is 84.9 Å². The van der Waals surface area contributed by atoms with Gasteiger partial charge in [-0.1, -0.05) is 72.8 Å². The summed E-state index contributed by atoms with van der Waals surface area (Å²) in [5.41, 5.74) is 4.00. The number of anilines is 1. The van der Waals surface area contributed by atoms with Gasteiger partial charge in [-0.3, -0.25) is 4.79 Å². The molecule has 1 aromatic heterocycles. The summed E-state index contributed by atoms with van der Waals surface area (Å²) in [7, 11) is 0. The van der Waals surface area contributed by atoms with Crippen molar-refractivity contribution in [3.8, 4) is 16.9 Å². The molecule has 1 amide bonds. The Bertz CT molecular complexity index is 1300. The minimum atomic E-state index is -0.995. The van der Waals surface area contributed by atoms with Crippen LogP contribution in [-0.2, 0) is 11.4 Å². The van der Waals surface area contributed by atoms with Gasteiger partial charge in [0.15, 0.2) is 0 Å². The summed E-state index contributed by atoms with van der Waals surface area (Å²) in [5.74, 6) is -0.585. The first-order chi connectivity index (χ1) is 16.1. The fraction of sp³-hybridized carbons (Fsp3) is 0.111. The second-order valence-electron chi connectivity index (χ2n) is 7.86. The van der Waals surface area contributed by atoms with E-state index in [1.807, 2.05) is 84.9 Å². The zero-order chi connectivity index (χ0) is 22.8. The first-order valence-corrected chi connectivity index (χ1v) is 11.4. The fourth-order valence-electron chi connectivity index (χ4n) is 4.12. The SMILES string of the molecule is O=C1C[C@@H](c2ccc(OCc3ccccc3)cc2)c2sc(C(=O)O)c(-c3ccccc3)c2N1. The van der Waals surface area contributed by atoms with Crippen molar-refractivity contribution >= 4 is 28.9 Å². The molecule has 1 aliphatic rings. The van der Waals surface area contributed by atoms with Crippen LogP contribution in [0.3, 0.4) is 0 Å². The number of nitrogens with one attached hydrogen (secondary N) is 1. The van der Waals surface area contributed by atoms with Crippen LogP contribution in [0.1, 0.15) is 38.0 Å². The summed E-state index contributed by atoms with van der Waals surface area (Å²) < 4.78 is 5.88. The van der Waals surface area contributed by atoms with Gasteiger partial charge in [0, 0.05) is 22.8 Å². The molecule has 0 saturated carbocycles. The predicted octanol–water partition coefficient (Wildman–Crippen LogP) is 6.17. The number of rotatable bonds is 6. The zero-order valence-corrected chi connectivity index (χ0v) is 18.5. The summed E-state index contributed by atoms with van der Waals surface area (Å²) in [6, 6.07) is 27.0. The van der Waals surface area contributed by atoms with Crippen molar-refractivity contribution in [1.82, 2.24) is 0 Å². The largest absolute Gasteiger partial charge is 0.489 e. The van der Waals surface area contributed by atoms with Crippen molar-refractivity contribution in [2.45, 2.75) is 18.9 Å². The summed E-state index contributed by atoms with van der Waals surface area (Å²) in [5, 5.41) is 12.8. The second kappa shape index (κ2) is 8.92. The number of carboxylic acid groups (broad SMARTS) is 1. The van der Waals surface area contributed by atoms with Gasteiger partial charge in [0.25, 0.3) is 0 Å². The quantitative estimate of drug-likeness (QED) is 0.365. The number of thiophene rings is 1. The third-order valence-electron chi connectivity index (χ3n) is 5.69. The smallest absolute Gasteiger partial charge is 0.346 e. The molecule has 0 bridgehead atoms. The van der Waals surface area contributed by atoms with E-state index in [9.17, 15) is 14.7 Å². The molecule has 0 saturated heterocycles. The van der Waals surface area contributed by atoms with Crippen molar-refractivity contribution in [1.29, 1.82) is 0 Å². The number of carbonyl (C=O) groups excluding carboxylic acids is 1. The van der Waals surface area contributed by atoms with E-state index in [0.717, 1.165) is 27.3 Å². The molecule has 2 heterocycles. The molecule has 3 aromatic carbocycles. The lowest BCUT2D eigenvalue weighted by atomic mass is 9.88. The van der Waals surface area contributed by atoms with Crippen LogP contribution in [0, 0.1) is 0 Å². The summed E-state index contributed by atoms with van der Waals surface area (Å²) in [6.07, 6.45) is 0.269. The standard InChI is InChI=1S/C27H21NO4S/c29-22-15-21(18-11-13-20(14-12-18)32-16-17-7-3-1-4-8-17)25-24(28-22)23(26(33-25)27(30)31)19-9-5-2-6-10-19/h1-14,21H,15-16H2,(H,28,29)(H,30,31)/t21-/m0/s1. The number of carbonyl (C=O) groups is 2. The van der Waals surface area contributed by atoms with Crippen LogP contribution in [0.4, 0.5) is 5.69 Å². The molecular weight excluding hydrogens is 434 g/mol. The molecular formula is C27H21NO4S. The van der Waals surface area contributed by atoms with E-state index in [1.165, 1.54) is 11.3 Å². The number of aromatic carboxylic acids is 1. The van der Waals surface area contributed by atoms with Gasteiger partial charge in [-0.05, 0) is 28.8 Å². The zero-order valence-electron chi connectivity index (χ0n) is 17.7. The highest BCUT2D eigenvalue weighted by Crippen LogP contribution is 2.49. The number of benzene rings is 3. The minimum Gasteiger partial charge on any atom is -0.489 e. The molecule has 0 fully saturated rings. The van der Waals surface area contributed by atoms with E-state index in [0.29, 0.717) is 17.9 Å². The monoisotopic (exact) mass is 455 g/mol. The molecule has 1 aliphatic heterocycles. The number of hydrogen-bond donors (Lipinski definition) is 2. The highest BCUT2D eigenvalue weighted by molar-refractivity contribution is 7.15. The molecule has 5 rings (SSSR count). The van der Waals surface area contributed by atoms with E-state index >= 15 is 0 Å². The van der Waals surface area contributed by atoms with Crippen molar-refractivity contribution < 1.29 is 19.4 Å². The van der Waals surface area contributed by atoms with Crippen LogP contribution in [0.25, 0.3) is 11.1 Å². The Balaban J connectivity index is 1.47. The number of carboxylic acids is 1. The number of amides is 1. The Hall–Kier alpha value is -3.90. The molecule has 164 valence electrons. The molecule has 6 heteroatoms. The lowest BCUT2D eigenvalue weighted by Crippen LogP contribution is -2.22. The molecule has 2 N–H and O–H groups in total. The van der Waals surface area contributed by atoms with Gasteiger partial charge in [0.1, 0.15) is 17.2 Å². The molecule has 0 radical (unpaired) electrons. The molecule has 5 nitrogen and oxygen atoms in total. The van der Waals surface area contributed by atoms with Gasteiger partial charge < -0.3 is 15.2 Å². The van der Waals surface area contributed by atoms with Crippen molar-refractivity contribution in [3.63, 3.8) is 0 Å². The number of ether oxygens (including phenoxy) is 1. The Morgan fingerprint density at radius 1 is 0.970 bits per heavy atom. The van der Waals surface area contributed by atoms with Crippen molar-refractivity contribution in [2.75, 3.05) is 5.32 Å². The van der Waals surface area contributed by atoms with Gasteiger partial charge in [0.05, 0.1) is 5.69 Å². The molecule has 1 atom stereocenters. The van der Waals surface area contributed by atoms with Crippen LogP contribution in [0.2, 0.25) is 0 Å². The van der Waals surface area contributed by atoms with Gasteiger partial charge in [0.2, 0.25) is 5.91 Å². The van der Waals surface area contributed by atoms with Crippen LogP contribution in [-0.4, -0.2) is 17.0 Å². The van der Waals surface area contributed by atoms with E-state index in [4.69, 9.17) is 4.74 Å². The van der Waals surface area contributed by atoms with Gasteiger partial charge in [-0.25, -0.2) is 4.79 Å². The van der Waals surface area contributed by atoms with E-state index in [-0.39, 0.29) is 23.1 Å². The van der Waals surface area contributed by atoms with Crippen LogP contribution < -0.4 is 10.1 Å². The normalized spacial score (nSPS) is 14.9. The lowest BCUT2D eigenvalue weighted by Gasteiger charge is -2.24. The molecule has 0 unspecified atom stereocenters. The van der Waals surface area contributed by atoms with E-state index in [1.54, 1.807) is 0 Å². The predicted molar refractivity (Wildman–Crippen MR) is 129 cm³/mol. The third-order valence-corrected chi connectivity index (χ3v) is 6.98. The van der Waals surface area contributed by atoms with E-state index in [2.05, 4.69) is 5.32 Å². The topological polar surface area (TPSA) is 75.6 Å². The van der Waals surface area contributed by atoms with Gasteiger partial charge in [-0.15, -0.1) is 11.3 Å². The minimum absolute atomic E-state index is 0.121. The van der Waals surface area contributed by atoms with Gasteiger partial charge >= 0.3 is 5.97 Å². The van der Waals surface area contributed by atoms with E-state index < -0.39 is 5.97 Å². The highest BCUT2D eigenvalue weighted by Gasteiger charge is 2.34. The lowest BCUT2D eigenvalue weighted by molar-refractivity contribution is -0.116. The molecule has 4 aromatic rings. The van der Waals surface area contributed by atoms with Crippen LogP contribution in [0.5, 0.6) is 5.75 Å². The first-order valence-electron chi connectivity index (χ1n) is 10.6. The average Bonchev–Trinajstić information content (AvgIpc) is 3.23. The number of hydrogen-bond acceptors (Lipinski definition) is 4. The van der Waals surface area contributed by atoms with Crippen molar-refractivity contribution in [3.05, 3.63) is 106 Å². The molecule has 33 heavy (non-hydrogen) atoms. The average molecular weight is 456 g/mol. The number of fused-ring (bicyclic) bond motifs is 1. The fourth-order valence-corrected chi connectivity index (χ4v) is 5.37. The van der Waals surface area contributed by atoms with Gasteiger partial charge in [-0.2, -0.15) is 0 Å². The summed E-state index contributed by atoms with van der Waals surface area (Å²) in [4.78, 5) is 25.8. The highest BCUT2D eigenvalue weighted by atomic mass is 32.1. The third kappa shape index (κ3) is 4.25. The maximum absolute atomic E-state index is 12.6. The molecule has 0 aliphatic carbocycles. The van der Waals surface area contributed by atoms with Crippen LogP contribution >= 0.6 is 11.3 Å². The molecule has 0 spiro atoms. The van der Waals surface area contributed by atoms with Crippen molar-refractivity contribution in [2.24, 2.45) is 0 Å². The summed E-state index contributed by atoms with van der Waals surface area (Å²) >= 11 is 1.24. The second-order valence-corrected chi connectivity index (χ2v) is 8.92. The summed E-state index contributed by atoms with van der Waals surface area (Å²) in [6.45, 7) is 0.476.